The summed E-state index contributed by atoms with van der Waals surface area (Å²) in [6, 6.07) is 7.99. The average Bonchev–Trinajstić information content (AvgIpc) is 2.84. The molecule has 1 aliphatic heterocycles. The molecule has 5 heteroatoms. The molecule has 1 fully saturated rings. The van der Waals surface area contributed by atoms with Gasteiger partial charge in [0.15, 0.2) is 0 Å². The van der Waals surface area contributed by atoms with Crippen molar-refractivity contribution in [2.75, 3.05) is 19.1 Å². The maximum absolute atomic E-state index is 12.6. The molecule has 1 heterocycles. The van der Waals surface area contributed by atoms with E-state index in [-0.39, 0.29) is 24.2 Å². The standard InChI is InChI=1S/C16H24N2O2S/c1-5-13-16(19)18(11(2)10-21-4)15(17-13)12-8-6-7-9-14(12)20-3/h6-9,11,13,15,17H,5,10H2,1-4H3. The number of ether oxygens (including phenoxy) is 1. The highest BCUT2D eigenvalue weighted by Gasteiger charge is 2.41. The molecule has 1 aliphatic rings. The normalized spacial score (nSPS) is 23.4. The zero-order valence-electron chi connectivity index (χ0n) is 13.1. The van der Waals surface area contributed by atoms with Crippen molar-refractivity contribution in [1.29, 1.82) is 0 Å². The number of carbonyl (C=O) groups is 1. The molecule has 3 unspecified atom stereocenters. The van der Waals surface area contributed by atoms with E-state index in [1.807, 2.05) is 36.1 Å². The third kappa shape index (κ3) is 3.19. The second-order valence-corrected chi connectivity index (χ2v) is 6.23. The first kappa shape index (κ1) is 16.2. The Balaban J connectivity index is 2.36. The van der Waals surface area contributed by atoms with Crippen molar-refractivity contribution in [1.82, 2.24) is 10.2 Å². The number of rotatable bonds is 6. The van der Waals surface area contributed by atoms with Crippen LogP contribution in [0.2, 0.25) is 0 Å². The van der Waals surface area contributed by atoms with Crippen LogP contribution in [0, 0.1) is 0 Å². The second-order valence-electron chi connectivity index (χ2n) is 5.32. The van der Waals surface area contributed by atoms with Crippen LogP contribution in [0.15, 0.2) is 24.3 Å². The molecule has 1 amide bonds. The number of thioether (sulfide) groups is 1. The highest BCUT2D eigenvalue weighted by Crippen LogP contribution is 2.34. The van der Waals surface area contributed by atoms with Gasteiger partial charge in [-0.1, -0.05) is 25.1 Å². The SMILES string of the molecule is CCC1NC(c2ccccc2OC)N(C(C)CSC)C1=O. The molecular formula is C16H24N2O2S. The van der Waals surface area contributed by atoms with Crippen molar-refractivity contribution in [2.24, 2.45) is 0 Å². The van der Waals surface area contributed by atoms with E-state index in [0.29, 0.717) is 0 Å². The van der Waals surface area contributed by atoms with Crippen LogP contribution in [0.5, 0.6) is 5.75 Å². The fraction of sp³-hybridized carbons (Fsp3) is 0.562. The Morgan fingerprint density at radius 3 is 2.76 bits per heavy atom. The summed E-state index contributed by atoms with van der Waals surface area (Å²) < 4.78 is 5.47. The first-order valence-electron chi connectivity index (χ1n) is 7.34. The van der Waals surface area contributed by atoms with Crippen LogP contribution in [0.1, 0.15) is 32.0 Å². The van der Waals surface area contributed by atoms with Gasteiger partial charge < -0.3 is 9.64 Å². The second kappa shape index (κ2) is 7.18. The van der Waals surface area contributed by atoms with Gasteiger partial charge in [-0.05, 0) is 25.7 Å². The lowest BCUT2D eigenvalue weighted by Crippen LogP contribution is -2.40. The number of amides is 1. The van der Waals surface area contributed by atoms with Crippen LogP contribution < -0.4 is 10.1 Å². The Morgan fingerprint density at radius 2 is 2.14 bits per heavy atom. The van der Waals surface area contributed by atoms with Crippen LogP contribution in [0.25, 0.3) is 0 Å². The average molecular weight is 308 g/mol. The van der Waals surface area contributed by atoms with Crippen LogP contribution in [-0.4, -0.2) is 42.0 Å². The van der Waals surface area contributed by atoms with Gasteiger partial charge in [0.05, 0.1) is 13.2 Å². The zero-order chi connectivity index (χ0) is 15.4. The van der Waals surface area contributed by atoms with Gasteiger partial charge in [-0.3, -0.25) is 10.1 Å². The van der Waals surface area contributed by atoms with Gasteiger partial charge in [-0.15, -0.1) is 0 Å². The fourth-order valence-corrected chi connectivity index (χ4v) is 3.51. The van der Waals surface area contributed by atoms with Crippen molar-refractivity contribution in [3.63, 3.8) is 0 Å². The van der Waals surface area contributed by atoms with Crippen molar-refractivity contribution in [3.05, 3.63) is 29.8 Å². The summed E-state index contributed by atoms with van der Waals surface area (Å²) in [4.78, 5) is 14.6. The van der Waals surface area contributed by atoms with Gasteiger partial charge in [0.25, 0.3) is 0 Å². The highest BCUT2D eigenvalue weighted by molar-refractivity contribution is 7.98. The predicted octanol–water partition coefficient (Wildman–Crippen LogP) is 2.66. The maximum Gasteiger partial charge on any atom is 0.241 e. The summed E-state index contributed by atoms with van der Waals surface area (Å²) in [5.74, 6) is 1.94. The molecule has 1 saturated heterocycles. The van der Waals surface area contributed by atoms with E-state index in [1.165, 1.54) is 0 Å². The Bertz CT molecular complexity index is 495. The molecule has 1 aromatic carbocycles. The number of nitrogens with zero attached hydrogens (tertiary/aromatic N) is 1. The summed E-state index contributed by atoms with van der Waals surface area (Å²) in [6.45, 7) is 4.15. The van der Waals surface area contributed by atoms with Crippen molar-refractivity contribution in [3.8, 4) is 5.75 Å². The van der Waals surface area contributed by atoms with Crippen LogP contribution in [0.3, 0.4) is 0 Å². The van der Waals surface area contributed by atoms with Gasteiger partial charge in [0, 0.05) is 17.4 Å². The summed E-state index contributed by atoms with van der Waals surface area (Å²) in [5, 5.41) is 3.46. The molecule has 0 aliphatic carbocycles. The third-order valence-corrected chi connectivity index (χ3v) is 4.73. The molecule has 1 N–H and O–H groups in total. The van der Waals surface area contributed by atoms with Gasteiger partial charge in [0.1, 0.15) is 11.9 Å². The van der Waals surface area contributed by atoms with Gasteiger partial charge in [0.2, 0.25) is 5.91 Å². The maximum atomic E-state index is 12.6. The van der Waals surface area contributed by atoms with E-state index in [2.05, 4.69) is 18.5 Å². The number of methoxy groups -OCH3 is 1. The van der Waals surface area contributed by atoms with E-state index in [0.717, 1.165) is 23.5 Å². The molecule has 0 saturated carbocycles. The Kier molecular flexibility index (Phi) is 5.53. The smallest absolute Gasteiger partial charge is 0.241 e. The largest absolute Gasteiger partial charge is 0.496 e. The Hall–Kier alpha value is -1.20. The fourth-order valence-electron chi connectivity index (χ4n) is 2.87. The molecule has 0 spiro atoms. The lowest BCUT2D eigenvalue weighted by molar-refractivity contribution is -0.131. The number of nitrogens with one attached hydrogen (secondary N) is 1. The van der Waals surface area contributed by atoms with Crippen LogP contribution in [0.4, 0.5) is 0 Å². The number of carbonyl (C=O) groups excluding carboxylic acids is 1. The topological polar surface area (TPSA) is 41.6 Å². The predicted molar refractivity (Wildman–Crippen MR) is 87.6 cm³/mol. The highest BCUT2D eigenvalue weighted by atomic mass is 32.2. The van der Waals surface area contributed by atoms with Crippen LogP contribution >= 0.6 is 11.8 Å². The summed E-state index contributed by atoms with van der Waals surface area (Å²) in [6.07, 6.45) is 2.76. The van der Waals surface area contributed by atoms with E-state index in [4.69, 9.17) is 4.74 Å². The number of para-hydroxylation sites is 1. The Morgan fingerprint density at radius 1 is 1.43 bits per heavy atom. The summed E-state index contributed by atoms with van der Waals surface area (Å²) in [7, 11) is 1.67. The minimum Gasteiger partial charge on any atom is -0.496 e. The molecule has 3 atom stereocenters. The molecule has 0 aromatic heterocycles. The number of hydrogen-bond acceptors (Lipinski definition) is 4. The molecule has 1 aromatic rings. The summed E-state index contributed by atoms with van der Waals surface area (Å²) in [5.41, 5.74) is 1.03. The van der Waals surface area contributed by atoms with Gasteiger partial charge >= 0.3 is 0 Å². The lowest BCUT2D eigenvalue weighted by Gasteiger charge is -2.31. The van der Waals surface area contributed by atoms with E-state index in [1.54, 1.807) is 18.9 Å². The minimum atomic E-state index is -0.110. The van der Waals surface area contributed by atoms with Gasteiger partial charge in [-0.25, -0.2) is 0 Å². The molecule has 116 valence electrons. The monoisotopic (exact) mass is 308 g/mol. The van der Waals surface area contributed by atoms with E-state index in [9.17, 15) is 4.79 Å². The van der Waals surface area contributed by atoms with Crippen molar-refractivity contribution < 1.29 is 9.53 Å². The lowest BCUT2D eigenvalue weighted by atomic mass is 10.1. The Labute approximate surface area is 131 Å². The van der Waals surface area contributed by atoms with E-state index >= 15 is 0 Å². The van der Waals surface area contributed by atoms with E-state index < -0.39 is 0 Å². The number of hydrogen-bond donors (Lipinski definition) is 1. The molecule has 0 radical (unpaired) electrons. The molecule has 4 nitrogen and oxygen atoms in total. The first-order valence-corrected chi connectivity index (χ1v) is 8.73. The minimum absolute atomic E-state index is 0.107. The van der Waals surface area contributed by atoms with Crippen LogP contribution in [-0.2, 0) is 4.79 Å². The number of benzene rings is 1. The van der Waals surface area contributed by atoms with Crippen molar-refractivity contribution in [2.45, 2.75) is 38.5 Å². The summed E-state index contributed by atoms with van der Waals surface area (Å²) >= 11 is 1.76. The van der Waals surface area contributed by atoms with Crippen molar-refractivity contribution >= 4 is 17.7 Å². The third-order valence-electron chi connectivity index (χ3n) is 3.91. The zero-order valence-corrected chi connectivity index (χ0v) is 13.9. The molecule has 2 rings (SSSR count). The first-order chi connectivity index (χ1) is 10.1. The quantitative estimate of drug-likeness (QED) is 0.877. The molecule has 0 bridgehead atoms. The molecular weight excluding hydrogens is 284 g/mol. The van der Waals surface area contributed by atoms with Gasteiger partial charge in [-0.2, -0.15) is 11.8 Å². The molecule has 21 heavy (non-hydrogen) atoms.